The molecule has 5 nitrogen and oxygen atoms in total. The zero-order valence-electron chi connectivity index (χ0n) is 15.3. The van der Waals surface area contributed by atoms with Crippen LogP contribution in [-0.4, -0.2) is 44.1 Å². The van der Waals surface area contributed by atoms with Gasteiger partial charge in [-0.1, -0.05) is 6.07 Å². The Bertz CT molecular complexity index is 630. The number of hydrogen-bond donors (Lipinski definition) is 2. The molecule has 1 fully saturated rings. The fraction of sp³-hybridized carbons (Fsp3) is 0.526. The summed E-state index contributed by atoms with van der Waals surface area (Å²) in [5.74, 6) is 2.55. The number of likely N-dealkylation sites (tertiary alicyclic amines) is 1. The van der Waals surface area contributed by atoms with Crippen molar-refractivity contribution in [2.75, 3.05) is 33.2 Å². The van der Waals surface area contributed by atoms with Crippen molar-refractivity contribution in [3.63, 3.8) is 0 Å². The van der Waals surface area contributed by atoms with Gasteiger partial charge in [-0.2, -0.15) is 0 Å². The van der Waals surface area contributed by atoms with Crippen LogP contribution in [0.4, 0.5) is 0 Å². The van der Waals surface area contributed by atoms with Crippen LogP contribution < -0.4 is 10.6 Å². The van der Waals surface area contributed by atoms with Crippen molar-refractivity contribution >= 4 is 41.3 Å². The molecule has 0 amide bonds. The minimum absolute atomic E-state index is 0. The number of guanidine groups is 1. The van der Waals surface area contributed by atoms with E-state index in [4.69, 9.17) is 4.42 Å². The van der Waals surface area contributed by atoms with Crippen LogP contribution in [0.5, 0.6) is 0 Å². The zero-order valence-corrected chi connectivity index (χ0v) is 18.5. The molecule has 144 valence electrons. The molecule has 2 aromatic rings. The van der Waals surface area contributed by atoms with Crippen LogP contribution in [0.2, 0.25) is 0 Å². The quantitative estimate of drug-likeness (QED) is 0.356. The molecule has 2 aromatic heterocycles. The maximum absolute atomic E-state index is 5.35. The van der Waals surface area contributed by atoms with Crippen molar-refractivity contribution in [2.45, 2.75) is 25.8 Å². The van der Waals surface area contributed by atoms with Gasteiger partial charge in [0.15, 0.2) is 5.96 Å². The molecule has 3 heterocycles. The molecule has 0 spiro atoms. The van der Waals surface area contributed by atoms with Gasteiger partial charge in [0.05, 0.1) is 6.26 Å². The van der Waals surface area contributed by atoms with Crippen LogP contribution in [-0.2, 0) is 13.0 Å². The van der Waals surface area contributed by atoms with Crippen LogP contribution in [0.25, 0.3) is 0 Å². The van der Waals surface area contributed by atoms with Crippen molar-refractivity contribution in [2.24, 2.45) is 10.9 Å². The second-order valence-corrected chi connectivity index (χ2v) is 7.56. The SMILES string of the molecule is CN=C(NCCc1ccco1)NCC1CCCN(Cc2cccs2)C1.I. The third-order valence-electron chi connectivity index (χ3n) is 4.59. The van der Waals surface area contributed by atoms with Crippen LogP contribution in [0, 0.1) is 5.92 Å². The molecule has 0 aromatic carbocycles. The lowest BCUT2D eigenvalue weighted by molar-refractivity contribution is 0.169. The number of piperidine rings is 1. The first-order valence-corrected chi connectivity index (χ1v) is 9.93. The first-order valence-electron chi connectivity index (χ1n) is 9.05. The average Bonchev–Trinajstić information content (AvgIpc) is 3.32. The first kappa shape index (κ1) is 21.2. The Hall–Kier alpha value is -1.06. The summed E-state index contributed by atoms with van der Waals surface area (Å²) in [6.07, 6.45) is 5.15. The molecular weight excluding hydrogens is 459 g/mol. The average molecular weight is 488 g/mol. The van der Waals surface area contributed by atoms with Gasteiger partial charge in [0.25, 0.3) is 0 Å². The predicted octanol–water partition coefficient (Wildman–Crippen LogP) is 3.58. The highest BCUT2D eigenvalue weighted by atomic mass is 127. The highest BCUT2D eigenvalue weighted by Crippen LogP contribution is 2.19. The van der Waals surface area contributed by atoms with E-state index in [2.05, 4.69) is 38.0 Å². The topological polar surface area (TPSA) is 52.8 Å². The van der Waals surface area contributed by atoms with Gasteiger partial charge in [-0.3, -0.25) is 9.89 Å². The van der Waals surface area contributed by atoms with E-state index >= 15 is 0 Å². The molecule has 0 bridgehead atoms. The lowest BCUT2D eigenvalue weighted by Crippen LogP contribution is -2.44. The number of nitrogens with zero attached hydrogens (tertiary/aromatic N) is 2. The zero-order chi connectivity index (χ0) is 17.3. The normalized spacial score (nSPS) is 18.3. The Balaban J connectivity index is 0.00000243. The largest absolute Gasteiger partial charge is 0.469 e. The molecule has 0 saturated carbocycles. The van der Waals surface area contributed by atoms with Gasteiger partial charge >= 0.3 is 0 Å². The van der Waals surface area contributed by atoms with Crippen molar-refractivity contribution in [3.8, 4) is 0 Å². The molecular formula is C19H29IN4OS. The van der Waals surface area contributed by atoms with E-state index in [0.29, 0.717) is 5.92 Å². The number of halogens is 1. The van der Waals surface area contributed by atoms with Crippen LogP contribution in [0.15, 0.2) is 45.3 Å². The maximum atomic E-state index is 5.35. The summed E-state index contributed by atoms with van der Waals surface area (Å²) >= 11 is 1.85. The number of rotatable bonds is 7. The molecule has 1 aliphatic rings. The number of thiophene rings is 1. The molecule has 7 heteroatoms. The van der Waals surface area contributed by atoms with Crippen molar-refractivity contribution in [3.05, 3.63) is 46.5 Å². The standard InChI is InChI=1S/C19H28N4OS.HI/c1-20-19(21-9-8-17-6-3-11-24-17)22-13-16-5-2-10-23(14-16)15-18-7-4-12-25-18;/h3-4,6-7,11-12,16H,2,5,8-10,13-15H2,1H3,(H2,20,21,22);1H. The third-order valence-corrected chi connectivity index (χ3v) is 5.45. The molecule has 3 rings (SSSR count). The van der Waals surface area contributed by atoms with Gasteiger partial charge in [-0.15, -0.1) is 35.3 Å². The molecule has 1 atom stereocenters. The van der Waals surface area contributed by atoms with E-state index in [-0.39, 0.29) is 24.0 Å². The predicted molar refractivity (Wildman–Crippen MR) is 120 cm³/mol. The van der Waals surface area contributed by atoms with E-state index in [1.54, 1.807) is 6.26 Å². The lowest BCUT2D eigenvalue weighted by atomic mass is 9.98. The molecule has 1 saturated heterocycles. The fourth-order valence-electron chi connectivity index (χ4n) is 3.31. The van der Waals surface area contributed by atoms with E-state index in [1.165, 1.54) is 24.3 Å². The first-order chi connectivity index (χ1) is 12.3. The third kappa shape index (κ3) is 6.92. The summed E-state index contributed by atoms with van der Waals surface area (Å²) in [6, 6.07) is 8.30. The second kappa shape index (κ2) is 11.6. The van der Waals surface area contributed by atoms with E-state index in [1.807, 2.05) is 30.5 Å². The van der Waals surface area contributed by atoms with Gasteiger partial charge < -0.3 is 15.1 Å². The summed E-state index contributed by atoms with van der Waals surface area (Å²) in [5, 5.41) is 9.01. The summed E-state index contributed by atoms with van der Waals surface area (Å²) in [5.41, 5.74) is 0. The Labute approximate surface area is 177 Å². The summed E-state index contributed by atoms with van der Waals surface area (Å²) < 4.78 is 5.35. The van der Waals surface area contributed by atoms with Gasteiger partial charge in [0.2, 0.25) is 0 Å². The van der Waals surface area contributed by atoms with E-state index < -0.39 is 0 Å². The monoisotopic (exact) mass is 488 g/mol. The molecule has 0 radical (unpaired) electrons. The van der Waals surface area contributed by atoms with E-state index in [9.17, 15) is 0 Å². The molecule has 2 N–H and O–H groups in total. The van der Waals surface area contributed by atoms with Crippen LogP contribution in [0.3, 0.4) is 0 Å². The molecule has 26 heavy (non-hydrogen) atoms. The fourth-order valence-corrected chi connectivity index (χ4v) is 4.05. The number of nitrogens with one attached hydrogen (secondary N) is 2. The number of furan rings is 1. The summed E-state index contributed by atoms with van der Waals surface area (Å²) in [7, 11) is 1.83. The van der Waals surface area contributed by atoms with Gasteiger partial charge in [-0.25, -0.2) is 0 Å². The van der Waals surface area contributed by atoms with Gasteiger partial charge in [0, 0.05) is 44.5 Å². The Morgan fingerprint density at radius 3 is 3.00 bits per heavy atom. The van der Waals surface area contributed by atoms with Gasteiger partial charge in [0.1, 0.15) is 5.76 Å². The highest BCUT2D eigenvalue weighted by Gasteiger charge is 2.20. The minimum Gasteiger partial charge on any atom is -0.469 e. The molecule has 1 aliphatic heterocycles. The van der Waals surface area contributed by atoms with Gasteiger partial charge in [-0.05, 0) is 48.9 Å². The lowest BCUT2D eigenvalue weighted by Gasteiger charge is -2.32. The van der Waals surface area contributed by atoms with Crippen LogP contribution in [0.1, 0.15) is 23.5 Å². The Morgan fingerprint density at radius 2 is 2.27 bits per heavy atom. The van der Waals surface area contributed by atoms with Crippen molar-refractivity contribution in [1.82, 2.24) is 15.5 Å². The highest BCUT2D eigenvalue weighted by molar-refractivity contribution is 14.0. The summed E-state index contributed by atoms with van der Waals surface area (Å²) in [4.78, 5) is 8.36. The summed E-state index contributed by atoms with van der Waals surface area (Å²) in [6.45, 7) is 5.26. The Morgan fingerprint density at radius 1 is 1.35 bits per heavy atom. The minimum atomic E-state index is 0. The smallest absolute Gasteiger partial charge is 0.191 e. The van der Waals surface area contributed by atoms with Crippen molar-refractivity contribution < 1.29 is 4.42 Å². The number of aliphatic imine (C=N–C) groups is 1. The van der Waals surface area contributed by atoms with Crippen molar-refractivity contribution in [1.29, 1.82) is 0 Å². The van der Waals surface area contributed by atoms with E-state index in [0.717, 1.165) is 44.3 Å². The second-order valence-electron chi connectivity index (χ2n) is 6.53. The number of hydrogen-bond acceptors (Lipinski definition) is 4. The molecule has 1 unspecified atom stereocenters. The Kier molecular flexibility index (Phi) is 9.49. The molecule has 0 aliphatic carbocycles. The maximum Gasteiger partial charge on any atom is 0.191 e. The van der Waals surface area contributed by atoms with Crippen LogP contribution >= 0.6 is 35.3 Å².